The molecule has 0 aliphatic heterocycles. The van der Waals surface area contributed by atoms with Gasteiger partial charge in [0.1, 0.15) is 6.61 Å². The van der Waals surface area contributed by atoms with Gasteiger partial charge in [0.2, 0.25) is 0 Å². The molecule has 0 spiro atoms. The monoisotopic (exact) mass is 435 g/mol. The third kappa shape index (κ3) is 4.52. The number of amides is 1. The predicted octanol–water partition coefficient (Wildman–Crippen LogP) is 5.97. The van der Waals surface area contributed by atoms with E-state index in [2.05, 4.69) is 50.4 Å². The van der Waals surface area contributed by atoms with Crippen LogP contribution in [-0.4, -0.2) is 29.3 Å². The smallest absolute Gasteiger partial charge is 0.407 e. The van der Waals surface area contributed by atoms with E-state index < -0.39 is 17.6 Å². The molecule has 0 heterocycles. The third-order valence-electron chi connectivity index (χ3n) is 7.37. The molecule has 5 heteroatoms. The highest BCUT2D eigenvalue weighted by molar-refractivity contribution is 5.79. The Morgan fingerprint density at radius 3 is 2.03 bits per heavy atom. The maximum absolute atomic E-state index is 12.8. The first kappa shape index (κ1) is 22.4. The maximum atomic E-state index is 12.8. The molecule has 0 atom stereocenters. The molecule has 32 heavy (non-hydrogen) atoms. The van der Waals surface area contributed by atoms with E-state index in [0.717, 1.165) is 24.0 Å². The molecule has 2 N–H and O–H groups in total. The number of rotatable bonds is 5. The molecule has 0 saturated heterocycles. The number of carboxylic acid groups (broad SMARTS) is 1. The molecule has 1 fully saturated rings. The topological polar surface area (TPSA) is 75.6 Å². The van der Waals surface area contributed by atoms with Crippen LogP contribution in [0.2, 0.25) is 0 Å². The predicted molar refractivity (Wildman–Crippen MR) is 125 cm³/mol. The van der Waals surface area contributed by atoms with E-state index in [1.165, 1.54) is 11.1 Å². The van der Waals surface area contributed by atoms with Crippen molar-refractivity contribution in [2.45, 2.75) is 64.3 Å². The molecule has 0 radical (unpaired) electrons. The van der Waals surface area contributed by atoms with Gasteiger partial charge in [-0.1, -0.05) is 69.3 Å². The third-order valence-corrected chi connectivity index (χ3v) is 7.37. The van der Waals surface area contributed by atoms with Crippen LogP contribution in [0.1, 0.15) is 69.9 Å². The number of ether oxygens (including phenoxy) is 1. The van der Waals surface area contributed by atoms with Crippen LogP contribution in [0.15, 0.2) is 48.5 Å². The van der Waals surface area contributed by atoms with Crippen LogP contribution < -0.4 is 5.32 Å². The highest BCUT2D eigenvalue weighted by atomic mass is 16.5. The Kier molecular flexibility index (Phi) is 6.02. The second-order valence-corrected chi connectivity index (χ2v) is 10.4. The lowest BCUT2D eigenvalue weighted by atomic mass is 9.66. The summed E-state index contributed by atoms with van der Waals surface area (Å²) < 4.78 is 5.70. The first-order valence-electron chi connectivity index (χ1n) is 11.5. The van der Waals surface area contributed by atoms with Gasteiger partial charge in [-0.2, -0.15) is 0 Å². The Hall–Kier alpha value is -2.82. The molecule has 1 amide bonds. The van der Waals surface area contributed by atoms with Crippen molar-refractivity contribution in [1.29, 1.82) is 0 Å². The molecular formula is C27H33NO4. The van der Waals surface area contributed by atoms with Crippen LogP contribution in [0.5, 0.6) is 0 Å². The van der Waals surface area contributed by atoms with E-state index in [9.17, 15) is 14.7 Å². The number of fused-ring (bicyclic) bond motifs is 3. The lowest BCUT2D eigenvalue weighted by Crippen LogP contribution is -2.53. The fourth-order valence-corrected chi connectivity index (χ4v) is 5.52. The zero-order valence-electron chi connectivity index (χ0n) is 19.2. The number of benzene rings is 2. The highest BCUT2D eigenvalue weighted by Crippen LogP contribution is 2.45. The fourth-order valence-electron chi connectivity index (χ4n) is 5.52. The van der Waals surface area contributed by atoms with Crippen molar-refractivity contribution < 1.29 is 19.4 Å². The van der Waals surface area contributed by atoms with Crippen molar-refractivity contribution in [3.63, 3.8) is 0 Å². The molecule has 2 aromatic rings. The van der Waals surface area contributed by atoms with Crippen LogP contribution in [0.25, 0.3) is 11.1 Å². The second-order valence-electron chi connectivity index (χ2n) is 10.4. The van der Waals surface area contributed by atoms with E-state index >= 15 is 0 Å². The summed E-state index contributed by atoms with van der Waals surface area (Å²) in [6.07, 6.45) is 2.52. The van der Waals surface area contributed by atoms with Gasteiger partial charge in [0, 0.05) is 5.92 Å². The summed E-state index contributed by atoms with van der Waals surface area (Å²) in [5, 5.41) is 12.5. The van der Waals surface area contributed by atoms with Gasteiger partial charge in [0.25, 0.3) is 0 Å². The average Bonchev–Trinajstić information content (AvgIpc) is 3.05. The van der Waals surface area contributed by atoms with Crippen molar-refractivity contribution in [1.82, 2.24) is 5.32 Å². The zero-order chi connectivity index (χ0) is 22.9. The van der Waals surface area contributed by atoms with Gasteiger partial charge in [0.15, 0.2) is 0 Å². The fraction of sp³-hybridized carbons (Fsp3) is 0.481. The van der Waals surface area contributed by atoms with Crippen molar-refractivity contribution in [2.75, 3.05) is 6.61 Å². The molecule has 5 nitrogen and oxygen atoms in total. The van der Waals surface area contributed by atoms with Crippen molar-refractivity contribution in [2.24, 2.45) is 11.3 Å². The van der Waals surface area contributed by atoms with Crippen molar-refractivity contribution in [3.8, 4) is 11.1 Å². The summed E-state index contributed by atoms with van der Waals surface area (Å²) in [7, 11) is 0. The van der Waals surface area contributed by atoms with E-state index in [4.69, 9.17) is 4.74 Å². The van der Waals surface area contributed by atoms with Crippen LogP contribution in [0, 0.1) is 11.3 Å². The lowest BCUT2D eigenvalue weighted by Gasteiger charge is -2.43. The molecule has 0 unspecified atom stereocenters. The molecule has 0 aromatic heterocycles. The quantitative estimate of drug-likeness (QED) is 0.606. The number of hydrogen-bond acceptors (Lipinski definition) is 3. The first-order valence-corrected chi connectivity index (χ1v) is 11.5. The Bertz CT molecular complexity index is 953. The molecule has 170 valence electrons. The Morgan fingerprint density at radius 2 is 1.53 bits per heavy atom. The number of carbonyl (C=O) groups excluding carboxylic acids is 1. The van der Waals surface area contributed by atoms with Crippen LogP contribution >= 0.6 is 0 Å². The average molecular weight is 436 g/mol. The van der Waals surface area contributed by atoms with Crippen molar-refractivity contribution in [3.05, 3.63) is 59.7 Å². The molecular weight excluding hydrogens is 402 g/mol. The molecule has 2 aliphatic rings. The van der Waals surface area contributed by atoms with E-state index in [0.29, 0.717) is 18.8 Å². The maximum Gasteiger partial charge on any atom is 0.407 e. The summed E-state index contributed by atoms with van der Waals surface area (Å²) in [6, 6.07) is 16.4. The first-order chi connectivity index (χ1) is 15.2. The van der Waals surface area contributed by atoms with Gasteiger partial charge in [-0.15, -0.1) is 0 Å². The standard InChI is InChI=1S/C27H33NO4/c1-26(2,3)18-12-14-27(15-13-18,16-24(29)30)28-25(31)32-17-23-21-10-6-4-8-19(21)20-9-5-7-11-22(20)23/h4-11,18,23H,12-17H2,1-3H3,(H,28,31)(H,29,30). The van der Waals surface area contributed by atoms with Gasteiger partial charge < -0.3 is 15.2 Å². The molecule has 4 rings (SSSR count). The minimum atomic E-state index is -0.891. The zero-order valence-corrected chi connectivity index (χ0v) is 19.2. The summed E-state index contributed by atoms with van der Waals surface area (Å²) in [5.74, 6) is -0.382. The number of carboxylic acids is 1. The van der Waals surface area contributed by atoms with E-state index in [1.807, 2.05) is 24.3 Å². The number of alkyl carbamates (subject to hydrolysis) is 1. The Labute approximate surface area is 190 Å². The van der Waals surface area contributed by atoms with Gasteiger partial charge >= 0.3 is 12.1 Å². The van der Waals surface area contributed by atoms with E-state index in [1.54, 1.807) is 0 Å². The van der Waals surface area contributed by atoms with Gasteiger partial charge in [-0.05, 0) is 59.3 Å². The second kappa shape index (κ2) is 8.61. The van der Waals surface area contributed by atoms with Gasteiger partial charge in [0.05, 0.1) is 12.0 Å². The Morgan fingerprint density at radius 1 is 1.00 bits per heavy atom. The Balaban J connectivity index is 1.44. The summed E-state index contributed by atoms with van der Waals surface area (Å²) in [4.78, 5) is 24.4. The molecule has 0 bridgehead atoms. The van der Waals surface area contributed by atoms with Crippen LogP contribution in [0.4, 0.5) is 4.79 Å². The summed E-state index contributed by atoms with van der Waals surface area (Å²) in [6.45, 7) is 6.90. The van der Waals surface area contributed by atoms with E-state index in [-0.39, 0.29) is 24.4 Å². The minimum Gasteiger partial charge on any atom is -0.481 e. The molecule has 2 aliphatic carbocycles. The SMILES string of the molecule is CC(C)(C)C1CCC(CC(=O)O)(NC(=O)OCC2c3ccccc3-c3ccccc32)CC1. The molecule has 1 saturated carbocycles. The summed E-state index contributed by atoms with van der Waals surface area (Å²) >= 11 is 0. The largest absolute Gasteiger partial charge is 0.481 e. The number of nitrogens with one attached hydrogen (secondary N) is 1. The lowest BCUT2D eigenvalue weighted by molar-refractivity contribution is -0.139. The number of hydrogen-bond donors (Lipinski definition) is 2. The van der Waals surface area contributed by atoms with Gasteiger partial charge in [-0.25, -0.2) is 4.79 Å². The minimum absolute atomic E-state index is 0.0137. The van der Waals surface area contributed by atoms with Crippen LogP contribution in [0.3, 0.4) is 0 Å². The summed E-state index contributed by atoms with van der Waals surface area (Å²) in [5.41, 5.74) is 4.12. The number of carbonyl (C=O) groups is 2. The highest BCUT2D eigenvalue weighted by Gasteiger charge is 2.42. The molecule has 2 aromatic carbocycles. The van der Waals surface area contributed by atoms with Gasteiger partial charge in [-0.3, -0.25) is 4.79 Å². The number of aliphatic carboxylic acids is 1. The van der Waals surface area contributed by atoms with Crippen LogP contribution in [-0.2, 0) is 9.53 Å². The normalized spacial score (nSPS) is 22.7. The van der Waals surface area contributed by atoms with Crippen molar-refractivity contribution >= 4 is 12.1 Å².